The molecule has 0 aliphatic rings. The Morgan fingerprint density at radius 2 is 1.76 bits per heavy atom. The summed E-state index contributed by atoms with van der Waals surface area (Å²) in [4.78, 5) is 11.0. The molecule has 0 amide bonds. The fraction of sp³-hybridized carbons (Fsp3) is 0.0714. The molecule has 17 heavy (non-hydrogen) atoms. The van der Waals surface area contributed by atoms with Crippen molar-refractivity contribution in [1.29, 1.82) is 0 Å². The van der Waals surface area contributed by atoms with Gasteiger partial charge in [0.15, 0.2) is 0 Å². The first kappa shape index (κ1) is 11.7. The van der Waals surface area contributed by atoms with Crippen LogP contribution in [0.25, 0.3) is 11.1 Å². The van der Waals surface area contributed by atoms with Crippen LogP contribution in [-0.2, 0) is 0 Å². The summed E-state index contributed by atoms with van der Waals surface area (Å²) < 4.78 is 0. The van der Waals surface area contributed by atoms with E-state index in [1.807, 2.05) is 36.4 Å². The molecule has 2 aromatic rings. The van der Waals surface area contributed by atoms with E-state index >= 15 is 0 Å². The summed E-state index contributed by atoms with van der Waals surface area (Å²) in [6.45, 7) is 1.75. The summed E-state index contributed by atoms with van der Waals surface area (Å²) in [5.41, 5.74) is 2.79. The molecule has 0 saturated carbocycles. The number of benzene rings is 2. The van der Waals surface area contributed by atoms with Gasteiger partial charge in [0.1, 0.15) is 0 Å². The van der Waals surface area contributed by atoms with Crippen molar-refractivity contribution in [3.05, 3.63) is 58.6 Å². The molecule has 0 unspecified atom stereocenters. The van der Waals surface area contributed by atoms with Gasteiger partial charge in [-0.3, -0.25) is 0 Å². The van der Waals surface area contributed by atoms with Gasteiger partial charge < -0.3 is 5.11 Å². The van der Waals surface area contributed by atoms with Crippen LogP contribution in [0, 0.1) is 6.92 Å². The van der Waals surface area contributed by atoms with Crippen molar-refractivity contribution >= 4 is 17.6 Å². The van der Waals surface area contributed by atoms with E-state index < -0.39 is 5.97 Å². The van der Waals surface area contributed by atoms with E-state index in [1.54, 1.807) is 13.0 Å². The van der Waals surface area contributed by atoms with Gasteiger partial charge in [-0.05, 0) is 29.7 Å². The average molecular weight is 247 g/mol. The lowest BCUT2D eigenvalue weighted by molar-refractivity contribution is 0.0696. The van der Waals surface area contributed by atoms with E-state index in [0.29, 0.717) is 5.56 Å². The predicted octanol–water partition coefficient (Wildman–Crippen LogP) is 4.01. The zero-order valence-electron chi connectivity index (χ0n) is 9.27. The van der Waals surface area contributed by atoms with Crippen LogP contribution in [-0.4, -0.2) is 11.1 Å². The first-order valence-electron chi connectivity index (χ1n) is 5.18. The van der Waals surface area contributed by atoms with E-state index in [-0.39, 0.29) is 10.6 Å². The summed E-state index contributed by atoms with van der Waals surface area (Å²) in [5.74, 6) is -0.993. The highest BCUT2D eigenvalue weighted by Gasteiger charge is 2.13. The third kappa shape index (κ3) is 2.32. The average Bonchev–Trinajstić information content (AvgIpc) is 2.28. The van der Waals surface area contributed by atoms with Crippen LogP contribution < -0.4 is 0 Å². The SMILES string of the molecule is Cc1cc(-c2ccccc2)cc(Cl)c1C(=O)O. The normalized spacial score (nSPS) is 10.2. The number of hydrogen-bond donors (Lipinski definition) is 1. The van der Waals surface area contributed by atoms with E-state index in [4.69, 9.17) is 16.7 Å². The Hall–Kier alpha value is -1.80. The fourth-order valence-electron chi connectivity index (χ4n) is 1.81. The number of carboxylic acid groups (broad SMARTS) is 1. The maximum atomic E-state index is 11.0. The summed E-state index contributed by atoms with van der Waals surface area (Å²) in [6.07, 6.45) is 0. The van der Waals surface area contributed by atoms with Crippen molar-refractivity contribution in [3.8, 4) is 11.1 Å². The number of aromatic carboxylic acids is 1. The number of aryl methyl sites for hydroxylation is 1. The summed E-state index contributed by atoms with van der Waals surface area (Å²) in [6, 6.07) is 13.3. The third-order valence-corrected chi connectivity index (χ3v) is 2.91. The van der Waals surface area contributed by atoms with Gasteiger partial charge in [-0.15, -0.1) is 0 Å². The van der Waals surface area contributed by atoms with Gasteiger partial charge in [-0.25, -0.2) is 4.79 Å². The van der Waals surface area contributed by atoms with E-state index in [2.05, 4.69) is 0 Å². The fourth-order valence-corrected chi connectivity index (χ4v) is 2.16. The number of carbonyl (C=O) groups is 1. The zero-order chi connectivity index (χ0) is 12.4. The van der Waals surface area contributed by atoms with Gasteiger partial charge in [0.05, 0.1) is 10.6 Å². The molecule has 2 nitrogen and oxygen atoms in total. The Morgan fingerprint density at radius 3 is 2.29 bits per heavy atom. The molecule has 0 atom stereocenters. The molecule has 2 aromatic carbocycles. The van der Waals surface area contributed by atoms with Crippen molar-refractivity contribution in [2.45, 2.75) is 6.92 Å². The first-order valence-corrected chi connectivity index (χ1v) is 5.56. The van der Waals surface area contributed by atoms with E-state index in [9.17, 15) is 4.79 Å². The molecule has 1 N–H and O–H groups in total. The first-order chi connectivity index (χ1) is 8.09. The molecular formula is C14H11ClO2. The van der Waals surface area contributed by atoms with Crippen molar-refractivity contribution < 1.29 is 9.90 Å². The lowest BCUT2D eigenvalue weighted by Crippen LogP contribution is -2.01. The van der Waals surface area contributed by atoms with Crippen LogP contribution in [0.4, 0.5) is 0 Å². The van der Waals surface area contributed by atoms with Crippen molar-refractivity contribution in [1.82, 2.24) is 0 Å². The topological polar surface area (TPSA) is 37.3 Å². The van der Waals surface area contributed by atoms with E-state index in [0.717, 1.165) is 11.1 Å². The Bertz CT molecular complexity index is 539. The lowest BCUT2D eigenvalue weighted by Gasteiger charge is -2.08. The van der Waals surface area contributed by atoms with Crippen molar-refractivity contribution in [2.75, 3.05) is 0 Å². The summed E-state index contributed by atoms with van der Waals surface area (Å²) >= 11 is 6.00. The van der Waals surface area contributed by atoms with Gasteiger partial charge >= 0.3 is 5.97 Å². The molecule has 0 aromatic heterocycles. The third-order valence-electron chi connectivity index (χ3n) is 2.61. The number of carboxylic acids is 1. The van der Waals surface area contributed by atoms with E-state index in [1.165, 1.54) is 0 Å². The summed E-state index contributed by atoms with van der Waals surface area (Å²) in [5, 5.41) is 9.30. The van der Waals surface area contributed by atoms with Crippen LogP contribution in [0.5, 0.6) is 0 Å². The molecule has 0 heterocycles. The minimum absolute atomic E-state index is 0.173. The second-order valence-corrected chi connectivity index (χ2v) is 4.23. The molecule has 0 radical (unpaired) electrons. The van der Waals surface area contributed by atoms with Crippen LogP contribution in [0.3, 0.4) is 0 Å². The zero-order valence-corrected chi connectivity index (χ0v) is 10.0. The molecule has 0 bridgehead atoms. The maximum Gasteiger partial charge on any atom is 0.337 e. The second kappa shape index (κ2) is 4.60. The monoisotopic (exact) mass is 246 g/mol. The molecule has 86 valence electrons. The van der Waals surface area contributed by atoms with Crippen molar-refractivity contribution in [2.24, 2.45) is 0 Å². The highest BCUT2D eigenvalue weighted by molar-refractivity contribution is 6.34. The van der Waals surface area contributed by atoms with Crippen LogP contribution in [0.1, 0.15) is 15.9 Å². The number of rotatable bonds is 2. The standard InChI is InChI=1S/C14H11ClO2/c1-9-7-11(10-5-3-2-4-6-10)8-12(15)13(9)14(16)17/h2-8H,1H3,(H,16,17). The molecule has 0 saturated heterocycles. The lowest BCUT2D eigenvalue weighted by atomic mass is 10.00. The largest absolute Gasteiger partial charge is 0.478 e. The summed E-state index contributed by atoms with van der Waals surface area (Å²) in [7, 11) is 0. The molecule has 0 aliphatic carbocycles. The molecule has 2 rings (SSSR count). The molecule has 3 heteroatoms. The van der Waals surface area contributed by atoms with Gasteiger partial charge in [0.25, 0.3) is 0 Å². The Labute approximate surface area is 104 Å². The van der Waals surface area contributed by atoms with Gasteiger partial charge in [0.2, 0.25) is 0 Å². The van der Waals surface area contributed by atoms with Gasteiger partial charge in [-0.1, -0.05) is 48.0 Å². The Balaban J connectivity index is 2.57. The Kier molecular flexibility index (Phi) is 3.16. The highest BCUT2D eigenvalue weighted by atomic mass is 35.5. The highest BCUT2D eigenvalue weighted by Crippen LogP contribution is 2.28. The molecule has 0 spiro atoms. The minimum Gasteiger partial charge on any atom is -0.478 e. The molecule has 0 aliphatic heterocycles. The smallest absolute Gasteiger partial charge is 0.337 e. The number of halogens is 1. The Morgan fingerprint density at radius 1 is 1.12 bits per heavy atom. The van der Waals surface area contributed by atoms with Crippen LogP contribution >= 0.6 is 11.6 Å². The molecule has 0 fully saturated rings. The maximum absolute atomic E-state index is 11.0. The predicted molar refractivity (Wildman–Crippen MR) is 68.6 cm³/mol. The molecular weight excluding hydrogens is 236 g/mol. The van der Waals surface area contributed by atoms with Crippen molar-refractivity contribution in [3.63, 3.8) is 0 Å². The van der Waals surface area contributed by atoms with Gasteiger partial charge in [-0.2, -0.15) is 0 Å². The number of hydrogen-bond acceptors (Lipinski definition) is 1. The van der Waals surface area contributed by atoms with Crippen LogP contribution in [0.2, 0.25) is 5.02 Å². The van der Waals surface area contributed by atoms with Crippen LogP contribution in [0.15, 0.2) is 42.5 Å². The quantitative estimate of drug-likeness (QED) is 0.869. The van der Waals surface area contributed by atoms with Gasteiger partial charge in [0, 0.05) is 0 Å². The second-order valence-electron chi connectivity index (χ2n) is 3.82. The minimum atomic E-state index is -0.993.